The Balaban J connectivity index is 0.727. The molecule has 7 fully saturated rings. The molecule has 0 aromatic carbocycles. The van der Waals surface area contributed by atoms with Crippen LogP contribution >= 0.6 is 11.8 Å². The highest BCUT2D eigenvalue weighted by Crippen LogP contribution is 2.70. The van der Waals surface area contributed by atoms with Crippen molar-refractivity contribution in [2.24, 2.45) is 46.3 Å². The Hall–Kier alpha value is -1.21. The summed E-state index contributed by atoms with van der Waals surface area (Å²) in [5.41, 5.74) is 1.95. The van der Waals surface area contributed by atoms with Crippen molar-refractivity contribution in [3.8, 4) is 0 Å². The van der Waals surface area contributed by atoms with Crippen molar-refractivity contribution >= 4 is 11.8 Å². The van der Waals surface area contributed by atoms with E-state index < -0.39 is 66.3 Å². The van der Waals surface area contributed by atoms with Gasteiger partial charge in [0.2, 0.25) is 0 Å². The zero-order chi connectivity index (χ0) is 42.2. The lowest BCUT2D eigenvalue weighted by Crippen LogP contribution is -2.60. The molecular formula is C45H72N4O10S. The molecule has 0 amide bonds. The molecule has 8 aliphatic rings. The van der Waals surface area contributed by atoms with Crippen LogP contribution in [0.2, 0.25) is 0 Å². The summed E-state index contributed by atoms with van der Waals surface area (Å²) >= 11 is 0.924. The third kappa shape index (κ3) is 7.67. The van der Waals surface area contributed by atoms with Crippen molar-refractivity contribution < 1.29 is 49.6 Å². The molecule has 4 aliphatic heterocycles. The quantitative estimate of drug-likeness (QED) is 0.140. The highest BCUT2D eigenvalue weighted by Gasteiger charge is 2.66. The predicted molar refractivity (Wildman–Crippen MR) is 223 cm³/mol. The topological polar surface area (TPSA) is 192 Å². The van der Waals surface area contributed by atoms with Gasteiger partial charge >= 0.3 is 0 Å². The molecule has 21 atom stereocenters. The van der Waals surface area contributed by atoms with Gasteiger partial charge in [-0.05, 0) is 117 Å². The van der Waals surface area contributed by atoms with Crippen LogP contribution in [0.15, 0.2) is 17.8 Å². The molecule has 0 radical (unpaired) electrons. The Morgan fingerprint density at radius 1 is 0.900 bits per heavy atom. The molecule has 5 heterocycles. The normalized spacial score (nSPS) is 50.3. The van der Waals surface area contributed by atoms with Crippen molar-refractivity contribution in [1.29, 1.82) is 0 Å². The van der Waals surface area contributed by atoms with Gasteiger partial charge < -0.3 is 49.6 Å². The van der Waals surface area contributed by atoms with Gasteiger partial charge in [-0.1, -0.05) is 44.6 Å². The number of aryl methyl sites for hydroxylation is 1. The van der Waals surface area contributed by atoms with Crippen LogP contribution < -0.4 is 0 Å². The third-order valence-electron chi connectivity index (χ3n) is 17.5. The second-order valence-electron chi connectivity index (χ2n) is 20.8. The zero-order valence-corrected chi connectivity index (χ0v) is 37.1. The lowest BCUT2D eigenvalue weighted by Gasteiger charge is -2.58. The second kappa shape index (κ2) is 17.3. The van der Waals surface area contributed by atoms with Gasteiger partial charge in [0.1, 0.15) is 35.5 Å². The number of aliphatic hydroxyl groups excluding tert-OH is 6. The second-order valence-corrected chi connectivity index (χ2v) is 22.1. The van der Waals surface area contributed by atoms with Crippen molar-refractivity contribution in [2.75, 3.05) is 19.8 Å². The number of aromatic nitrogens is 3. The summed E-state index contributed by atoms with van der Waals surface area (Å²) in [5, 5.41) is 70.2. The summed E-state index contributed by atoms with van der Waals surface area (Å²) in [6, 6.07) is 1.63. The summed E-state index contributed by atoms with van der Waals surface area (Å²) in [4.78, 5) is 3.01. The molecule has 4 aliphatic carbocycles. The number of fused-ring (bicyclic) bond motifs is 9. The molecule has 0 spiro atoms. The van der Waals surface area contributed by atoms with E-state index in [0.717, 1.165) is 78.6 Å². The van der Waals surface area contributed by atoms with Gasteiger partial charge in [0.05, 0.1) is 49.1 Å². The number of hydrogen-bond donors (Lipinski definition) is 6. The standard InChI is InChI=1S/C45H72N4O10S/c1-23-7-10-32-24(2)35-33(49(32)19-23)18-31-29-9-8-26-17-28(11-13-44(26,4)30(29)12-14-45(31,35)5)56-16-6-15-48-20-27(46-47-48)22-57-42-39(54)38(53)41(34(21-50)59-42)60-43-40(55)37(52)36(51)25(3)58-43/h8,20,23-25,28-43,50-55H,6-7,9-19,21-22H2,1-5H3/t23-,24+,25?,28-,29?,30?,31?,32?,33?,34?,35?,36-,37?,38+,39?,40-,41+,42+,43-,44-,45-/m0/s1. The van der Waals surface area contributed by atoms with Crippen LogP contribution in [0, 0.1) is 46.3 Å². The lowest BCUT2D eigenvalue weighted by molar-refractivity contribution is -0.272. The Kier molecular flexibility index (Phi) is 12.7. The van der Waals surface area contributed by atoms with Crippen LogP contribution in [0.4, 0.5) is 0 Å². The van der Waals surface area contributed by atoms with Crippen molar-refractivity contribution in [2.45, 2.75) is 190 Å². The molecule has 14 nitrogen and oxygen atoms in total. The van der Waals surface area contributed by atoms with Gasteiger partial charge in [-0.25, -0.2) is 0 Å². The maximum Gasteiger partial charge on any atom is 0.186 e. The average molecular weight is 861 g/mol. The lowest BCUT2D eigenvalue weighted by atomic mass is 9.47. The molecule has 15 heteroatoms. The first-order valence-electron chi connectivity index (χ1n) is 23.3. The minimum atomic E-state index is -1.48. The number of thioether (sulfide) groups is 1. The monoisotopic (exact) mass is 860 g/mol. The Morgan fingerprint density at radius 2 is 1.72 bits per heavy atom. The van der Waals surface area contributed by atoms with E-state index in [-0.39, 0.29) is 12.7 Å². The summed E-state index contributed by atoms with van der Waals surface area (Å²) in [7, 11) is 0. The van der Waals surface area contributed by atoms with Gasteiger partial charge in [-0.2, -0.15) is 0 Å². The van der Waals surface area contributed by atoms with Gasteiger partial charge in [0.25, 0.3) is 0 Å². The van der Waals surface area contributed by atoms with Crippen molar-refractivity contribution in [1.82, 2.24) is 19.9 Å². The summed E-state index contributed by atoms with van der Waals surface area (Å²) in [5.74, 6) is 5.02. The molecule has 1 aromatic rings. The van der Waals surface area contributed by atoms with Gasteiger partial charge in [-0.3, -0.25) is 9.58 Å². The number of ether oxygens (including phenoxy) is 4. The maximum absolute atomic E-state index is 11.0. The molecule has 4 saturated heterocycles. The summed E-state index contributed by atoms with van der Waals surface area (Å²) in [6.07, 6.45) is 7.12. The Labute approximate surface area is 359 Å². The molecule has 10 unspecified atom stereocenters. The van der Waals surface area contributed by atoms with E-state index in [1.54, 1.807) is 23.4 Å². The van der Waals surface area contributed by atoms with E-state index in [1.807, 2.05) is 0 Å². The number of piperidine rings is 1. The number of hydrogen-bond acceptors (Lipinski definition) is 14. The molecule has 0 bridgehead atoms. The van der Waals surface area contributed by atoms with E-state index in [4.69, 9.17) is 18.9 Å². The molecule has 60 heavy (non-hydrogen) atoms. The maximum atomic E-state index is 11.0. The van der Waals surface area contributed by atoms with Crippen LogP contribution in [-0.4, -0.2) is 148 Å². The Bertz CT molecular complexity index is 1690. The molecule has 1 aromatic heterocycles. The first-order chi connectivity index (χ1) is 28.7. The third-order valence-corrected chi connectivity index (χ3v) is 19.0. The average Bonchev–Trinajstić information content (AvgIpc) is 3.91. The van der Waals surface area contributed by atoms with Crippen LogP contribution in [0.25, 0.3) is 0 Å². The first-order valence-corrected chi connectivity index (χ1v) is 24.2. The highest BCUT2D eigenvalue weighted by molar-refractivity contribution is 8.00. The number of rotatable bonds is 11. The van der Waals surface area contributed by atoms with E-state index in [2.05, 4.69) is 49.0 Å². The van der Waals surface area contributed by atoms with Crippen LogP contribution in [0.1, 0.15) is 105 Å². The summed E-state index contributed by atoms with van der Waals surface area (Å²) in [6.45, 7) is 14.0. The fraction of sp³-hybridized carbons (Fsp3) is 0.911. The van der Waals surface area contributed by atoms with E-state index in [0.29, 0.717) is 29.7 Å². The van der Waals surface area contributed by atoms with Crippen LogP contribution in [-0.2, 0) is 32.1 Å². The highest BCUT2D eigenvalue weighted by atomic mass is 32.2. The molecule has 3 saturated carbocycles. The van der Waals surface area contributed by atoms with Gasteiger partial charge in [0, 0.05) is 31.8 Å². The van der Waals surface area contributed by atoms with Crippen LogP contribution in [0.5, 0.6) is 0 Å². The molecule has 9 rings (SSSR count). The largest absolute Gasteiger partial charge is 0.394 e. The van der Waals surface area contributed by atoms with Gasteiger partial charge in [0.15, 0.2) is 6.29 Å². The minimum absolute atomic E-state index is 0.0385. The van der Waals surface area contributed by atoms with Gasteiger partial charge in [-0.15, -0.1) is 16.9 Å². The van der Waals surface area contributed by atoms with Crippen LogP contribution in [0.3, 0.4) is 0 Å². The predicted octanol–water partition coefficient (Wildman–Crippen LogP) is 3.25. The fourth-order valence-corrected chi connectivity index (χ4v) is 15.8. The SMILES string of the molecule is CC1O[C@@H](S[C@@H]2C(CO)O[C@@H](OCc3cn(CCCO[C@H]4CC[C@@]5(C)C(=CCC6C7CC8C([C@H](C)C9CC[C@H](C)CN89)[C@@]7(C)CCC65)C4)nn3)C(O)[C@H]2O)[C@@H](O)C(O)[C@H]1O. The number of nitrogens with zero attached hydrogens (tertiary/aromatic N) is 4. The molecule has 338 valence electrons. The first kappa shape index (κ1) is 44.0. The smallest absolute Gasteiger partial charge is 0.186 e. The molecular weight excluding hydrogens is 789 g/mol. The Morgan fingerprint density at radius 3 is 2.52 bits per heavy atom. The number of allylic oxidation sites excluding steroid dienone is 1. The van der Waals surface area contributed by atoms with E-state index >= 15 is 0 Å². The molecule has 6 N–H and O–H groups in total. The fourth-order valence-electron chi connectivity index (χ4n) is 14.3. The van der Waals surface area contributed by atoms with E-state index in [9.17, 15) is 30.6 Å². The zero-order valence-electron chi connectivity index (χ0n) is 36.2. The van der Waals surface area contributed by atoms with Crippen molar-refractivity contribution in [3.05, 3.63) is 23.5 Å². The number of aliphatic hydroxyl groups is 6. The van der Waals surface area contributed by atoms with Crippen molar-refractivity contribution in [3.63, 3.8) is 0 Å². The minimum Gasteiger partial charge on any atom is -0.394 e. The van der Waals surface area contributed by atoms with E-state index in [1.165, 1.54) is 51.5 Å². The summed E-state index contributed by atoms with van der Waals surface area (Å²) < 4.78 is 25.6.